The third-order valence-electron chi connectivity index (χ3n) is 5.90. The van der Waals surface area contributed by atoms with Crippen LogP contribution in [0.2, 0.25) is 0 Å². The standard InChI is InChI=1S/C25H19BrN4O2/c1-31-18-6-4-5-16(13-18)23-21-22(29-25-27-14-28-30(23)25)19-7-2-3-8-20(19)32-24(21)15-9-11-17(26)12-10-15/h2-14,23-24H,1H3,(H,27,28,29)/t23-,24+/m1/s1. The van der Waals surface area contributed by atoms with Crippen LogP contribution in [-0.2, 0) is 0 Å². The first-order valence-electron chi connectivity index (χ1n) is 10.3. The Kier molecular flexibility index (Phi) is 4.50. The molecular formula is C25H19BrN4O2. The summed E-state index contributed by atoms with van der Waals surface area (Å²) in [7, 11) is 1.68. The van der Waals surface area contributed by atoms with Crippen molar-refractivity contribution in [2.75, 3.05) is 12.4 Å². The van der Waals surface area contributed by atoms with Gasteiger partial charge in [0.25, 0.3) is 0 Å². The smallest absolute Gasteiger partial charge is 0.226 e. The summed E-state index contributed by atoms with van der Waals surface area (Å²) in [5, 5.41) is 8.09. The lowest BCUT2D eigenvalue weighted by Gasteiger charge is -2.39. The molecular weight excluding hydrogens is 468 g/mol. The number of aromatic nitrogens is 3. The Bertz CT molecular complexity index is 1350. The van der Waals surface area contributed by atoms with E-state index in [9.17, 15) is 0 Å². The molecule has 7 heteroatoms. The lowest BCUT2D eigenvalue weighted by atomic mass is 9.84. The van der Waals surface area contributed by atoms with Crippen LogP contribution in [0.4, 0.5) is 5.95 Å². The summed E-state index contributed by atoms with van der Waals surface area (Å²) in [6.45, 7) is 0. The van der Waals surface area contributed by atoms with Crippen molar-refractivity contribution in [2.45, 2.75) is 12.1 Å². The van der Waals surface area contributed by atoms with Gasteiger partial charge in [0.15, 0.2) is 0 Å². The lowest BCUT2D eigenvalue weighted by Crippen LogP contribution is -2.32. The number of methoxy groups -OCH3 is 1. The van der Waals surface area contributed by atoms with Gasteiger partial charge >= 0.3 is 0 Å². The molecule has 2 atom stereocenters. The van der Waals surface area contributed by atoms with Gasteiger partial charge in [-0.05, 0) is 47.5 Å². The van der Waals surface area contributed by atoms with E-state index in [1.54, 1.807) is 13.4 Å². The van der Waals surface area contributed by atoms with Gasteiger partial charge in [0.2, 0.25) is 5.95 Å². The Morgan fingerprint density at radius 2 is 1.84 bits per heavy atom. The average Bonchev–Trinajstić information content (AvgIpc) is 3.31. The van der Waals surface area contributed by atoms with Gasteiger partial charge in [-0.2, -0.15) is 10.1 Å². The van der Waals surface area contributed by atoms with Crippen molar-refractivity contribution < 1.29 is 9.47 Å². The van der Waals surface area contributed by atoms with E-state index in [4.69, 9.17) is 9.47 Å². The molecule has 0 unspecified atom stereocenters. The molecule has 2 aliphatic rings. The zero-order valence-electron chi connectivity index (χ0n) is 17.2. The number of nitrogens with zero attached hydrogens (tertiary/aromatic N) is 3. The summed E-state index contributed by atoms with van der Waals surface area (Å²) < 4.78 is 15.1. The fourth-order valence-corrected chi connectivity index (χ4v) is 4.73. The van der Waals surface area contributed by atoms with E-state index < -0.39 is 0 Å². The van der Waals surface area contributed by atoms with E-state index in [1.807, 2.05) is 53.2 Å². The second kappa shape index (κ2) is 7.53. The van der Waals surface area contributed by atoms with Crippen LogP contribution in [0.5, 0.6) is 11.5 Å². The molecule has 6 rings (SSSR count). The van der Waals surface area contributed by atoms with Crippen LogP contribution in [0.3, 0.4) is 0 Å². The predicted octanol–water partition coefficient (Wildman–Crippen LogP) is 5.61. The second-order valence-corrected chi connectivity index (χ2v) is 8.62. The molecule has 158 valence electrons. The first-order chi connectivity index (χ1) is 15.7. The Morgan fingerprint density at radius 1 is 1.00 bits per heavy atom. The van der Waals surface area contributed by atoms with Gasteiger partial charge < -0.3 is 14.8 Å². The Morgan fingerprint density at radius 3 is 2.69 bits per heavy atom. The number of rotatable bonds is 3. The minimum absolute atomic E-state index is 0.208. The molecule has 4 aromatic rings. The summed E-state index contributed by atoms with van der Waals surface area (Å²) in [6, 6.07) is 24.2. The van der Waals surface area contributed by atoms with Gasteiger partial charge in [-0.1, -0.05) is 52.3 Å². The molecule has 0 spiro atoms. The topological polar surface area (TPSA) is 61.2 Å². The van der Waals surface area contributed by atoms with Crippen LogP contribution >= 0.6 is 15.9 Å². The van der Waals surface area contributed by atoms with Crippen molar-refractivity contribution in [3.8, 4) is 11.5 Å². The molecule has 32 heavy (non-hydrogen) atoms. The van der Waals surface area contributed by atoms with Gasteiger partial charge in [0.05, 0.1) is 12.8 Å². The quantitative estimate of drug-likeness (QED) is 0.407. The highest BCUT2D eigenvalue weighted by atomic mass is 79.9. The van der Waals surface area contributed by atoms with Crippen molar-refractivity contribution in [3.05, 3.63) is 106 Å². The predicted molar refractivity (Wildman–Crippen MR) is 126 cm³/mol. The highest BCUT2D eigenvalue weighted by molar-refractivity contribution is 9.10. The Hall–Kier alpha value is -3.58. The highest BCUT2D eigenvalue weighted by Crippen LogP contribution is 2.50. The molecule has 0 amide bonds. The van der Waals surface area contributed by atoms with Gasteiger partial charge in [0, 0.05) is 15.6 Å². The zero-order chi connectivity index (χ0) is 21.7. The SMILES string of the molecule is COc1cccc([C@@H]2C3=C(Nc4ncnn42)c2ccccc2O[C@H]3c2ccc(Br)cc2)c1. The lowest BCUT2D eigenvalue weighted by molar-refractivity contribution is 0.223. The number of benzene rings is 3. The fourth-order valence-electron chi connectivity index (χ4n) is 4.46. The maximum Gasteiger partial charge on any atom is 0.226 e. The Balaban J connectivity index is 1.62. The van der Waals surface area contributed by atoms with Crippen LogP contribution < -0.4 is 14.8 Å². The minimum atomic E-state index is -0.297. The number of anilines is 1. The molecule has 3 heterocycles. The summed E-state index contributed by atoms with van der Waals surface area (Å²) in [6.07, 6.45) is 1.28. The third kappa shape index (κ3) is 3.00. The fraction of sp³-hybridized carbons (Fsp3) is 0.120. The van der Waals surface area contributed by atoms with E-state index >= 15 is 0 Å². The largest absolute Gasteiger partial charge is 0.497 e. The maximum atomic E-state index is 6.62. The van der Waals surface area contributed by atoms with Crippen molar-refractivity contribution in [2.24, 2.45) is 0 Å². The maximum absolute atomic E-state index is 6.62. The molecule has 0 aliphatic carbocycles. The monoisotopic (exact) mass is 486 g/mol. The first-order valence-corrected chi connectivity index (χ1v) is 11.1. The van der Waals surface area contributed by atoms with Crippen LogP contribution in [0.1, 0.15) is 28.8 Å². The van der Waals surface area contributed by atoms with Crippen molar-refractivity contribution in [3.63, 3.8) is 0 Å². The Labute approximate surface area is 193 Å². The van der Waals surface area contributed by atoms with E-state index in [-0.39, 0.29) is 12.1 Å². The number of hydrogen-bond acceptors (Lipinski definition) is 5. The third-order valence-corrected chi connectivity index (χ3v) is 6.43. The van der Waals surface area contributed by atoms with Gasteiger partial charge in [-0.15, -0.1) is 0 Å². The van der Waals surface area contributed by atoms with Gasteiger partial charge in [0.1, 0.15) is 30.0 Å². The molecule has 0 bridgehead atoms. The zero-order valence-corrected chi connectivity index (χ0v) is 18.8. The number of para-hydroxylation sites is 1. The molecule has 1 aromatic heterocycles. The summed E-state index contributed by atoms with van der Waals surface area (Å²) in [5.74, 6) is 2.33. The van der Waals surface area contributed by atoms with E-state index in [1.165, 1.54) is 0 Å². The van der Waals surface area contributed by atoms with E-state index in [0.29, 0.717) is 5.95 Å². The van der Waals surface area contributed by atoms with Crippen LogP contribution in [-0.4, -0.2) is 21.9 Å². The number of fused-ring (bicyclic) bond motifs is 3. The van der Waals surface area contributed by atoms with E-state index in [2.05, 4.69) is 55.6 Å². The second-order valence-electron chi connectivity index (χ2n) is 7.71. The van der Waals surface area contributed by atoms with Crippen molar-refractivity contribution >= 4 is 27.6 Å². The molecule has 3 aromatic carbocycles. The van der Waals surface area contributed by atoms with Crippen LogP contribution in [0, 0.1) is 0 Å². The van der Waals surface area contributed by atoms with Crippen molar-refractivity contribution in [1.29, 1.82) is 0 Å². The summed E-state index contributed by atoms with van der Waals surface area (Å²) >= 11 is 3.54. The minimum Gasteiger partial charge on any atom is -0.497 e. The highest BCUT2D eigenvalue weighted by Gasteiger charge is 2.40. The van der Waals surface area contributed by atoms with Crippen LogP contribution in [0.25, 0.3) is 5.70 Å². The normalized spacial score (nSPS) is 18.7. The number of hydrogen-bond donors (Lipinski definition) is 1. The summed E-state index contributed by atoms with van der Waals surface area (Å²) in [5.41, 5.74) is 5.21. The van der Waals surface area contributed by atoms with E-state index in [0.717, 1.165) is 43.9 Å². The number of ether oxygens (including phenoxy) is 2. The average molecular weight is 487 g/mol. The first kappa shape index (κ1) is 19.1. The molecule has 0 fully saturated rings. The molecule has 2 aliphatic heterocycles. The van der Waals surface area contributed by atoms with Crippen molar-refractivity contribution in [1.82, 2.24) is 14.8 Å². The molecule has 0 radical (unpaired) electrons. The van der Waals surface area contributed by atoms with Gasteiger partial charge in [-0.25, -0.2) is 4.68 Å². The molecule has 0 saturated heterocycles. The molecule has 1 N–H and O–H groups in total. The number of halogens is 1. The molecule has 0 saturated carbocycles. The number of nitrogens with one attached hydrogen (secondary N) is 1. The summed E-state index contributed by atoms with van der Waals surface area (Å²) in [4.78, 5) is 4.48. The molecule has 6 nitrogen and oxygen atoms in total. The van der Waals surface area contributed by atoms with Crippen LogP contribution in [0.15, 0.2) is 89.2 Å². The van der Waals surface area contributed by atoms with Gasteiger partial charge in [-0.3, -0.25) is 0 Å².